The van der Waals surface area contributed by atoms with Crippen LogP contribution in [0.5, 0.6) is 0 Å². The second-order valence-electron chi connectivity index (χ2n) is 5.36. The van der Waals surface area contributed by atoms with E-state index < -0.39 is 0 Å². The van der Waals surface area contributed by atoms with Crippen LogP contribution in [-0.4, -0.2) is 22.4 Å². The highest BCUT2D eigenvalue weighted by molar-refractivity contribution is 4.97. The van der Waals surface area contributed by atoms with E-state index in [4.69, 9.17) is 0 Å². The molecule has 1 heterocycles. The smallest absolute Gasteiger partial charge is 0.266 e. The zero-order valence-electron chi connectivity index (χ0n) is 11.9. The van der Waals surface area contributed by atoms with Crippen LogP contribution in [0.1, 0.15) is 39.3 Å². The van der Waals surface area contributed by atoms with Crippen molar-refractivity contribution in [2.75, 3.05) is 6.54 Å². The van der Waals surface area contributed by atoms with Crippen molar-refractivity contribution in [3.63, 3.8) is 0 Å². The minimum atomic E-state index is -0.0303. The lowest BCUT2D eigenvalue weighted by Crippen LogP contribution is -2.33. The summed E-state index contributed by atoms with van der Waals surface area (Å²) in [6, 6.07) is 3.81. The molecule has 1 aromatic heterocycles. The summed E-state index contributed by atoms with van der Waals surface area (Å²) in [5, 5.41) is 7.64. The van der Waals surface area contributed by atoms with E-state index in [9.17, 15) is 4.79 Å². The molecule has 1 atom stereocenters. The molecular weight excluding hydrogens is 226 g/mol. The SMILES string of the molecule is Cc1ccc(=O)n(CCNC(C)CCC(C)C)n1. The Morgan fingerprint density at radius 2 is 2.00 bits per heavy atom. The first-order chi connectivity index (χ1) is 8.49. The molecule has 0 bridgehead atoms. The van der Waals surface area contributed by atoms with Gasteiger partial charge in [0.1, 0.15) is 0 Å². The lowest BCUT2D eigenvalue weighted by atomic mass is 10.0. The molecule has 0 aliphatic carbocycles. The third kappa shape index (κ3) is 5.45. The van der Waals surface area contributed by atoms with Gasteiger partial charge in [-0.3, -0.25) is 4.79 Å². The van der Waals surface area contributed by atoms with Crippen molar-refractivity contribution in [2.24, 2.45) is 5.92 Å². The van der Waals surface area contributed by atoms with Gasteiger partial charge in [-0.2, -0.15) is 5.10 Å². The number of aromatic nitrogens is 2. The van der Waals surface area contributed by atoms with Gasteiger partial charge in [-0.15, -0.1) is 0 Å². The molecule has 1 rings (SSSR count). The Hall–Kier alpha value is -1.16. The van der Waals surface area contributed by atoms with Crippen molar-refractivity contribution in [3.8, 4) is 0 Å². The third-order valence-electron chi connectivity index (χ3n) is 2.99. The van der Waals surface area contributed by atoms with Crippen LogP contribution >= 0.6 is 0 Å². The van der Waals surface area contributed by atoms with Crippen molar-refractivity contribution in [1.29, 1.82) is 0 Å². The molecule has 0 spiro atoms. The minimum Gasteiger partial charge on any atom is -0.312 e. The van der Waals surface area contributed by atoms with Crippen LogP contribution in [0.2, 0.25) is 0 Å². The molecule has 18 heavy (non-hydrogen) atoms. The highest BCUT2D eigenvalue weighted by Gasteiger charge is 2.03. The average Bonchev–Trinajstić information content (AvgIpc) is 2.31. The van der Waals surface area contributed by atoms with Crippen molar-refractivity contribution in [2.45, 2.75) is 53.1 Å². The number of aryl methyl sites for hydroxylation is 1. The van der Waals surface area contributed by atoms with Gasteiger partial charge in [0.25, 0.3) is 5.56 Å². The molecule has 0 saturated heterocycles. The van der Waals surface area contributed by atoms with Crippen LogP contribution in [0.3, 0.4) is 0 Å². The molecule has 1 N–H and O–H groups in total. The topological polar surface area (TPSA) is 46.9 Å². The van der Waals surface area contributed by atoms with Crippen molar-refractivity contribution in [1.82, 2.24) is 15.1 Å². The zero-order valence-corrected chi connectivity index (χ0v) is 11.9. The molecule has 0 fully saturated rings. The first kappa shape index (κ1) is 14.9. The van der Waals surface area contributed by atoms with E-state index in [1.165, 1.54) is 17.5 Å². The normalized spacial score (nSPS) is 12.9. The Morgan fingerprint density at radius 1 is 1.28 bits per heavy atom. The van der Waals surface area contributed by atoms with Crippen LogP contribution in [0.25, 0.3) is 0 Å². The van der Waals surface area contributed by atoms with E-state index in [1.807, 2.05) is 6.92 Å². The molecule has 0 saturated carbocycles. The lowest BCUT2D eigenvalue weighted by Gasteiger charge is -2.15. The van der Waals surface area contributed by atoms with E-state index in [0.29, 0.717) is 12.6 Å². The standard InChI is InChI=1S/C14H25N3O/c1-11(2)5-6-12(3)15-9-10-17-14(18)8-7-13(4)16-17/h7-8,11-12,15H,5-6,9-10H2,1-4H3. The zero-order chi connectivity index (χ0) is 13.5. The van der Waals surface area contributed by atoms with Crippen LogP contribution < -0.4 is 10.9 Å². The van der Waals surface area contributed by atoms with Crippen LogP contribution in [0, 0.1) is 12.8 Å². The predicted octanol–water partition coefficient (Wildman–Crippen LogP) is 1.97. The number of hydrogen-bond donors (Lipinski definition) is 1. The largest absolute Gasteiger partial charge is 0.312 e. The summed E-state index contributed by atoms with van der Waals surface area (Å²) in [5.41, 5.74) is 0.847. The van der Waals surface area contributed by atoms with Gasteiger partial charge in [0.2, 0.25) is 0 Å². The van der Waals surface area contributed by atoms with Gasteiger partial charge >= 0.3 is 0 Å². The summed E-state index contributed by atoms with van der Waals surface area (Å²) in [4.78, 5) is 11.5. The fourth-order valence-electron chi connectivity index (χ4n) is 1.81. The molecule has 0 radical (unpaired) electrons. The summed E-state index contributed by atoms with van der Waals surface area (Å²) < 4.78 is 1.53. The van der Waals surface area contributed by atoms with Crippen LogP contribution in [-0.2, 0) is 6.54 Å². The van der Waals surface area contributed by atoms with Crippen molar-refractivity contribution >= 4 is 0 Å². The fourth-order valence-corrected chi connectivity index (χ4v) is 1.81. The third-order valence-corrected chi connectivity index (χ3v) is 2.99. The van der Waals surface area contributed by atoms with Gasteiger partial charge in [-0.05, 0) is 38.7 Å². The second kappa shape index (κ2) is 7.31. The van der Waals surface area contributed by atoms with E-state index in [1.54, 1.807) is 12.1 Å². The summed E-state index contributed by atoms with van der Waals surface area (Å²) in [7, 11) is 0. The average molecular weight is 251 g/mol. The summed E-state index contributed by atoms with van der Waals surface area (Å²) in [6.07, 6.45) is 2.41. The van der Waals surface area contributed by atoms with Crippen LogP contribution in [0.4, 0.5) is 0 Å². The Bertz CT molecular complexity index is 412. The minimum absolute atomic E-state index is 0.0303. The summed E-state index contributed by atoms with van der Waals surface area (Å²) in [5.74, 6) is 0.746. The van der Waals surface area contributed by atoms with Gasteiger partial charge in [-0.25, -0.2) is 4.68 Å². The quantitative estimate of drug-likeness (QED) is 0.806. The number of nitrogens with zero attached hydrogens (tertiary/aromatic N) is 2. The highest BCUT2D eigenvalue weighted by Crippen LogP contribution is 2.05. The Balaban J connectivity index is 2.33. The van der Waals surface area contributed by atoms with E-state index in [2.05, 4.69) is 31.2 Å². The maximum atomic E-state index is 11.5. The number of hydrogen-bond acceptors (Lipinski definition) is 3. The Kier molecular flexibility index (Phi) is 6.05. The highest BCUT2D eigenvalue weighted by atomic mass is 16.1. The molecule has 4 heteroatoms. The molecule has 0 aliphatic heterocycles. The van der Waals surface area contributed by atoms with Gasteiger partial charge in [0, 0.05) is 18.7 Å². The fraction of sp³-hybridized carbons (Fsp3) is 0.714. The molecular formula is C14H25N3O. The molecule has 1 aromatic rings. The van der Waals surface area contributed by atoms with Crippen molar-refractivity contribution in [3.05, 3.63) is 28.2 Å². The predicted molar refractivity (Wildman–Crippen MR) is 74.8 cm³/mol. The number of rotatable bonds is 7. The maximum absolute atomic E-state index is 11.5. The molecule has 0 aromatic carbocycles. The van der Waals surface area contributed by atoms with E-state index in [-0.39, 0.29) is 5.56 Å². The summed E-state index contributed by atoms with van der Waals surface area (Å²) in [6.45, 7) is 9.98. The molecule has 4 nitrogen and oxygen atoms in total. The van der Waals surface area contributed by atoms with E-state index >= 15 is 0 Å². The van der Waals surface area contributed by atoms with Crippen LogP contribution in [0.15, 0.2) is 16.9 Å². The first-order valence-electron chi connectivity index (χ1n) is 6.77. The maximum Gasteiger partial charge on any atom is 0.266 e. The lowest BCUT2D eigenvalue weighted by molar-refractivity contribution is 0.430. The molecule has 0 amide bonds. The van der Waals surface area contributed by atoms with Crippen molar-refractivity contribution < 1.29 is 0 Å². The Morgan fingerprint density at radius 3 is 2.67 bits per heavy atom. The summed E-state index contributed by atoms with van der Waals surface area (Å²) >= 11 is 0. The van der Waals surface area contributed by atoms with Gasteiger partial charge in [0.05, 0.1) is 12.2 Å². The monoisotopic (exact) mass is 251 g/mol. The van der Waals surface area contributed by atoms with Gasteiger partial charge < -0.3 is 5.32 Å². The first-order valence-corrected chi connectivity index (χ1v) is 6.77. The molecule has 102 valence electrons. The number of nitrogens with one attached hydrogen (secondary N) is 1. The molecule has 1 unspecified atom stereocenters. The van der Waals surface area contributed by atoms with Gasteiger partial charge in [0.15, 0.2) is 0 Å². The molecule has 0 aliphatic rings. The Labute approximate surface area is 109 Å². The van der Waals surface area contributed by atoms with E-state index in [0.717, 1.165) is 18.2 Å². The van der Waals surface area contributed by atoms with Gasteiger partial charge in [-0.1, -0.05) is 13.8 Å². The second-order valence-corrected chi connectivity index (χ2v) is 5.36.